The van der Waals surface area contributed by atoms with Gasteiger partial charge in [0.25, 0.3) is 5.91 Å². The fourth-order valence-corrected chi connectivity index (χ4v) is 4.55. The van der Waals surface area contributed by atoms with E-state index in [1.807, 2.05) is 32.9 Å². The molecule has 3 rings (SSSR count). The van der Waals surface area contributed by atoms with Gasteiger partial charge >= 0.3 is 0 Å². The predicted octanol–water partition coefficient (Wildman–Crippen LogP) is 3.55. The Morgan fingerprint density at radius 2 is 1.58 bits per heavy atom. The molecule has 0 saturated heterocycles. The molecule has 0 saturated carbocycles. The second-order valence-corrected chi connectivity index (χ2v) is 9.33. The van der Waals surface area contributed by atoms with Crippen molar-refractivity contribution in [1.82, 2.24) is 5.32 Å². The molecule has 2 N–H and O–H groups in total. The molecule has 0 aliphatic carbocycles. The molecule has 2 amide bonds. The van der Waals surface area contributed by atoms with E-state index in [0.29, 0.717) is 0 Å². The van der Waals surface area contributed by atoms with Crippen LogP contribution >= 0.6 is 0 Å². The van der Waals surface area contributed by atoms with Crippen LogP contribution < -0.4 is 10.6 Å². The summed E-state index contributed by atoms with van der Waals surface area (Å²) >= 11 is 0. The number of anilines is 1. The highest BCUT2D eigenvalue weighted by molar-refractivity contribution is 7.90. The molecule has 31 heavy (non-hydrogen) atoms. The Balaban J connectivity index is 1.58. The highest BCUT2D eigenvalue weighted by Gasteiger charge is 2.19. The lowest BCUT2D eigenvalue weighted by Gasteiger charge is -2.13. The normalized spacial score (nSPS) is 11.2. The van der Waals surface area contributed by atoms with E-state index in [2.05, 4.69) is 10.6 Å². The van der Waals surface area contributed by atoms with Gasteiger partial charge in [-0.05, 0) is 56.2 Å². The number of hydrogen-bond acceptors (Lipinski definition) is 5. The van der Waals surface area contributed by atoms with Gasteiger partial charge in [0.2, 0.25) is 5.91 Å². The van der Waals surface area contributed by atoms with Crippen LogP contribution in [0, 0.1) is 20.8 Å². The molecule has 0 aliphatic rings. The van der Waals surface area contributed by atoms with E-state index >= 15 is 0 Å². The van der Waals surface area contributed by atoms with Crippen LogP contribution in [0.1, 0.15) is 33.0 Å². The molecule has 0 unspecified atom stereocenters. The summed E-state index contributed by atoms with van der Waals surface area (Å²) in [6, 6.07) is 14.8. The Hall–Kier alpha value is -3.39. The number of benzene rings is 2. The monoisotopic (exact) mass is 440 g/mol. The van der Waals surface area contributed by atoms with E-state index in [4.69, 9.17) is 4.42 Å². The Bertz CT molecular complexity index is 1190. The fourth-order valence-electron chi connectivity index (χ4n) is 3.28. The summed E-state index contributed by atoms with van der Waals surface area (Å²) in [6.45, 7) is 5.54. The lowest BCUT2D eigenvalue weighted by molar-refractivity contribution is -0.115. The molecule has 0 fully saturated rings. The smallest absolute Gasteiger partial charge is 0.287 e. The summed E-state index contributed by atoms with van der Waals surface area (Å²) in [5.41, 5.74) is 3.69. The molecule has 162 valence electrons. The lowest BCUT2D eigenvalue weighted by atomic mass is 10.1. The first-order valence-corrected chi connectivity index (χ1v) is 11.3. The third-order valence-electron chi connectivity index (χ3n) is 4.67. The SMILES string of the molecule is Cc1cc(C)c(NC(=O)CNC(=O)c2ccc(CS(=O)(=O)c3ccccc3)o2)c(C)c1. The predicted molar refractivity (Wildman–Crippen MR) is 118 cm³/mol. The molecule has 0 radical (unpaired) electrons. The Labute approximate surface area is 181 Å². The van der Waals surface area contributed by atoms with E-state index in [-0.39, 0.29) is 34.6 Å². The largest absolute Gasteiger partial charge is 0.455 e. The van der Waals surface area contributed by atoms with Crippen molar-refractivity contribution in [3.05, 3.63) is 82.8 Å². The van der Waals surface area contributed by atoms with Gasteiger partial charge in [-0.15, -0.1) is 0 Å². The van der Waals surface area contributed by atoms with E-state index in [1.165, 1.54) is 24.3 Å². The van der Waals surface area contributed by atoms with Crippen LogP contribution in [0.25, 0.3) is 0 Å². The summed E-state index contributed by atoms with van der Waals surface area (Å²) in [7, 11) is -3.59. The molecular formula is C23H24N2O5S. The Morgan fingerprint density at radius 3 is 2.23 bits per heavy atom. The van der Waals surface area contributed by atoms with Crippen molar-refractivity contribution >= 4 is 27.3 Å². The molecule has 0 bridgehead atoms. The van der Waals surface area contributed by atoms with Gasteiger partial charge in [0.1, 0.15) is 11.5 Å². The van der Waals surface area contributed by atoms with Crippen LogP contribution in [0.2, 0.25) is 0 Å². The molecule has 0 spiro atoms. The lowest BCUT2D eigenvalue weighted by Crippen LogP contribution is -2.33. The third kappa shape index (κ3) is 5.61. The number of furan rings is 1. The average Bonchev–Trinajstić information content (AvgIpc) is 3.17. The molecule has 3 aromatic rings. The Morgan fingerprint density at radius 1 is 0.935 bits per heavy atom. The fraction of sp³-hybridized carbons (Fsp3) is 0.217. The molecule has 1 aromatic heterocycles. The zero-order chi connectivity index (χ0) is 22.6. The van der Waals surface area contributed by atoms with Crippen molar-refractivity contribution in [2.45, 2.75) is 31.4 Å². The molecular weight excluding hydrogens is 416 g/mol. The van der Waals surface area contributed by atoms with Gasteiger partial charge in [-0.1, -0.05) is 35.9 Å². The van der Waals surface area contributed by atoms with E-state index < -0.39 is 15.7 Å². The van der Waals surface area contributed by atoms with Gasteiger partial charge in [-0.2, -0.15) is 0 Å². The highest BCUT2D eigenvalue weighted by atomic mass is 32.2. The molecule has 0 atom stereocenters. The maximum atomic E-state index is 12.4. The van der Waals surface area contributed by atoms with Crippen LogP contribution in [0.4, 0.5) is 5.69 Å². The summed E-state index contributed by atoms with van der Waals surface area (Å²) in [6.07, 6.45) is 0. The van der Waals surface area contributed by atoms with Gasteiger partial charge in [0, 0.05) is 5.69 Å². The van der Waals surface area contributed by atoms with Gasteiger partial charge in [0.05, 0.1) is 11.4 Å². The molecule has 2 aromatic carbocycles. The minimum absolute atomic E-state index is 0.0613. The quantitative estimate of drug-likeness (QED) is 0.585. The molecule has 7 nitrogen and oxygen atoms in total. The first-order chi connectivity index (χ1) is 14.7. The standard InChI is InChI=1S/C23H24N2O5S/c1-15-11-16(2)22(17(3)12-15)25-21(26)13-24-23(27)20-10-9-18(30-20)14-31(28,29)19-7-5-4-6-8-19/h4-12H,13-14H2,1-3H3,(H,24,27)(H,25,26). The first kappa shape index (κ1) is 22.3. The average molecular weight is 441 g/mol. The number of amides is 2. The van der Waals surface area contributed by atoms with Crippen LogP contribution in [0.3, 0.4) is 0 Å². The molecule has 0 aliphatic heterocycles. The van der Waals surface area contributed by atoms with Crippen LogP contribution in [0.15, 0.2) is 63.9 Å². The van der Waals surface area contributed by atoms with Gasteiger partial charge < -0.3 is 15.1 Å². The van der Waals surface area contributed by atoms with Crippen LogP contribution in [-0.2, 0) is 20.4 Å². The number of hydrogen-bond donors (Lipinski definition) is 2. The number of carbonyl (C=O) groups is 2. The number of nitrogens with one attached hydrogen (secondary N) is 2. The van der Waals surface area contributed by atoms with Crippen LogP contribution in [-0.4, -0.2) is 26.8 Å². The third-order valence-corrected chi connectivity index (χ3v) is 6.33. The minimum atomic E-state index is -3.59. The summed E-state index contributed by atoms with van der Waals surface area (Å²) in [4.78, 5) is 24.7. The zero-order valence-electron chi connectivity index (χ0n) is 17.6. The van der Waals surface area contributed by atoms with E-state index in [0.717, 1.165) is 22.4 Å². The number of carbonyl (C=O) groups excluding carboxylic acids is 2. The Kier molecular flexibility index (Phi) is 6.60. The zero-order valence-corrected chi connectivity index (χ0v) is 18.4. The van der Waals surface area contributed by atoms with Crippen molar-refractivity contribution < 1.29 is 22.4 Å². The van der Waals surface area contributed by atoms with Crippen molar-refractivity contribution in [2.75, 3.05) is 11.9 Å². The maximum absolute atomic E-state index is 12.4. The maximum Gasteiger partial charge on any atom is 0.287 e. The van der Waals surface area contributed by atoms with Crippen molar-refractivity contribution in [2.24, 2.45) is 0 Å². The van der Waals surface area contributed by atoms with Crippen molar-refractivity contribution in [1.29, 1.82) is 0 Å². The molecule has 1 heterocycles. The second-order valence-electron chi connectivity index (χ2n) is 7.34. The summed E-state index contributed by atoms with van der Waals surface area (Å²) < 4.78 is 30.2. The van der Waals surface area contributed by atoms with E-state index in [9.17, 15) is 18.0 Å². The molecule has 8 heteroatoms. The van der Waals surface area contributed by atoms with Gasteiger partial charge in [0.15, 0.2) is 15.6 Å². The number of sulfone groups is 1. The van der Waals surface area contributed by atoms with Gasteiger partial charge in [-0.25, -0.2) is 8.42 Å². The first-order valence-electron chi connectivity index (χ1n) is 9.68. The number of aryl methyl sites for hydroxylation is 3. The summed E-state index contributed by atoms with van der Waals surface area (Å²) in [5.74, 6) is -1.26. The van der Waals surface area contributed by atoms with Crippen molar-refractivity contribution in [3.63, 3.8) is 0 Å². The van der Waals surface area contributed by atoms with E-state index in [1.54, 1.807) is 18.2 Å². The second kappa shape index (κ2) is 9.18. The number of rotatable bonds is 7. The van der Waals surface area contributed by atoms with Crippen molar-refractivity contribution in [3.8, 4) is 0 Å². The summed E-state index contributed by atoms with van der Waals surface area (Å²) in [5, 5.41) is 5.29. The van der Waals surface area contributed by atoms with Gasteiger partial charge in [-0.3, -0.25) is 9.59 Å². The minimum Gasteiger partial charge on any atom is -0.455 e. The topological polar surface area (TPSA) is 105 Å². The van der Waals surface area contributed by atoms with Crippen LogP contribution in [0.5, 0.6) is 0 Å². The highest BCUT2D eigenvalue weighted by Crippen LogP contribution is 2.22.